The van der Waals surface area contributed by atoms with Crippen LogP contribution in [-0.2, 0) is 16.3 Å². The Morgan fingerprint density at radius 3 is 2.58 bits per heavy atom. The van der Waals surface area contributed by atoms with Gasteiger partial charge in [0.2, 0.25) is 0 Å². The predicted molar refractivity (Wildman–Crippen MR) is 135 cm³/mol. The van der Waals surface area contributed by atoms with Crippen molar-refractivity contribution in [3.63, 3.8) is 0 Å². The summed E-state index contributed by atoms with van der Waals surface area (Å²) in [7, 11) is -3.24. The first-order valence-corrected chi connectivity index (χ1v) is 13.3. The zero-order chi connectivity index (χ0) is 23.1. The van der Waals surface area contributed by atoms with E-state index in [4.69, 9.17) is 4.42 Å². The van der Waals surface area contributed by atoms with Gasteiger partial charge in [0.05, 0.1) is 6.26 Å². The molecule has 7 nitrogen and oxygen atoms in total. The minimum Gasteiger partial charge on any atom is -0.459 e. The van der Waals surface area contributed by atoms with Crippen LogP contribution in [0.15, 0.2) is 47.1 Å². The molecule has 1 saturated heterocycles. The smallest absolute Gasteiger partial charge is 0.291 e. The Bertz CT molecular complexity index is 975. The Labute approximate surface area is 203 Å². The first-order valence-electron chi connectivity index (χ1n) is 11.4. The number of halogens is 1. The van der Waals surface area contributed by atoms with Gasteiger partial charge in [-0.3, -0.25) is 9.69 Å². The molecule has 1 aromatic carbocycles. The van der Waals surface area contributed by atoms with Gasteiger partial charge in [-0.25, -0.2) is 8.42 Å². The van der Waals surface area contributed by atoms with Crippen molar-refractivity contribution in [1.82, 2.24) is 10.2 Å². The summed E-state index contributed by atoms with van der Waals surface area (Å²) in [5, 5.41) is 5.73. The van der Waals surface area contributed by atoms with E-state index in [1.165, 1.54) is 12.5 Å². The Hall–Kier alpha value is -1.87. The van der Waals surface area contributed by atoms with E-state index in [9.17, 15) is 13.2 Å². The first-order chi connectivity index (χ1) is 15.3. The fourth-order valence-electron chi connectivity index (χ4n) is 4.69. The average Bonchev–Trinajstić information content (AvgIpc) is 3.29. The fraction of sp³-hybridized carbons (Fsp3) is 0.542. The molecule has 0 saturated carbocycles. The summed E-state index contributed by atoms with van der Waals surface area (Å²) in [6, 6.07) is 11.1. The third-order valence-corrected chi connectivity index (χ3v) is 7.59. The monoisotopic (exact) mass is 497 g/mol. The Kier molecular flexibility index (Phi) is 10.4. The van der Waals surface area contributed by atoms with E-state index >= 15 is 0 Å². The van der Waals surface area contributed by atoms with Gasteiger partial charge in [-0.2, -0.15) is 0 Å². The Balaban J connectivity index is 0.00000385. The highest BCUT2D eigenvalue weighted by Gasteiger charge is 2.37. The minimum absolute atomic E-state index is 0. The predicted octanol–water partition coefficient (Wildman–Crippen LogP) is 3.97. The number of furan rings is 1. The van der Waals surface area contributed by atoms with Crippen LogP contribution in [-0.4, -0.2) is 56.5 Å². The van der Waals surface area contributed by atoms with Gasteiger partial charge < -0.3 is 15.1 Å². The summed E-state index contributed by atoms with van der Waals surface area (Å²) in [5.74, 6) is 0.103. The van der Waals surface area contributed by atoms with Crippen LogP contribution in [0.2, 0.25) is 0 Å². The second-order valence-corrected chi connectivity index (χ2v) is 10.9. The molecule has 0 aliphatic carbocycles. The molecular weight excluding hydrogens is 462 g/mol. The normalized spacial score (nSPS) is 16.7. The van der Waals surface area contributed by atoms with Crippen molar-refractivity contribution in [2.75, 3.05) is 31.2 Å². The molecule has 0 spiro atoms. The van der Waals surface area contributed by atoms with Crippen molar-refractivity contribution in [2.24, 2.45) is 5.92 Å². The summed E-state index contributed by atoms with van der Waals surface area (Å²) in [6.45, 7) is 6.65. The molecule has 2 unspecified atom stereocenters. The lowest BCUT2D eigenvalue weighted by molar-refractivity contribution is 0.0996. The lowest BCUT2D eigenvalue weighted by atomic mass is 9.95. The molecule has 0 radical (unpaired) electrons. The van der Waals surface area contributed by atoms with Gasteiger partial charge >= 0.3 is 0 Å². The highest BCUT2D eigenvalue weighted by molar-refractivity contribution is 7.91. The number of carbonyl (C=O) groups is 1. The molecule has 2 atom stereocenters. The molecule has 9 heteroatoms. The number of nitrogens with zero attached hydrogens (tertiary/aromatic N) is 1. The van der Waals surface area contributed by atoms with Crippen LogP contribution in [0.3, 0.4) is 0 Å². The SMILES string of the molecule is CCCN(C(C)Cc1cccc(NC(=O)c2ccco2)c1)C(C1CCNCC1)S(C)(=O)=O.Cl. The third kappa shape index (κ3) is 7.57. The molecule has 1 aliphatic heterocycles. The number of piperidine rings is 1. The van der Waals surface area contributed by atoms with Gasteiger partial charge in [0.1, 0.15) is 5.37 Å². The van der Waals surface area contributed by atoms with Gasteiger partial charge in [-0.1, -0.05) is 19.1 Å². The summed E-state index contributed by atoms with van der Waals surface area (Å²) in [4.78, 5) is 14.5. The van der Waals surface area contributed by atoms with Crippen LogP contribution in [0.1, 0.15) is 49.2 Å². The second-order valence-electron chi connectivity index (χ2n) is 8.73. The minimum atomic E-state index is -3.24. The number of amides is 1. The highest BCUT2D eigenvalue weighted by Crippen LogP contribution is 2.28. The maximum absolute atomic E-state index is 12.9. The van der Waals surface area contributed by atoms with E-state index in [1.807, 2.05) is 24.3 Å². The quantitative estimate of drug-likeness (QED) is 0.516. The molecule has 2 aromatic rings. The fourth-order valence-corrected chi connectivity index (χ4v) is 6.46. The molecule has 1 fully saturated rings. The average molecular weight is 498 g/mol. The topological polar surface area (TPSA) is 91.7 Å². The lowest BCUT2D eigenvalue weighted by Gasteiger charge is -2.41. The lowest BCUT2D eigenvalue weighted by Crippen LogP contribution is -2.52. The number of carbonyl (C=O) groups excluding carboxylic acids is 1. The molecule has 3 rings (SSSR count). The van der Waals surface area contributed by atoms with E-state index in [1.54, 1.807) is 12.1 Å². The number of anilines is 1. The van der Waals surface area contributed by atoms with Crippen LogP contribution in [0, 0.1) is 5.92 Å². The molecule has 2 heterocycles. The molecule has 33 heavy (non-hydrogen) atoms. The largest absolute Gasteiger partial charge is 0.459 e. The standard InChI is InChI=1S/C24H35N3O4S.ClH/c1-4-14-27(24(32(3,29)30)20-10-12-25-13-11-20)18(2)16-19-7-5-8-21(17-19)26-23(28)22-9-6-15-31-22;/h5-9,15,17-18,20,24-25H,4,10-14,16H2,1-3H3,(H,26,28);1H. The van der Waals surface area contributed by atoms with Crippen molar-refractivity contribution in [3.8, 4) is 0 Å². The number of benzene rings is 1. The number of rotatable bonds is 10. The first kappa shape index (κ1) is 27.4. The van der Waals surface area contributed by atoms with Gasteiger partial charge in [0, 0.05) is 18.0 Å². The van der Waals surface area contributed by atoms with Crippen molar-refractivity contribution in [1.29, 1.82) is 0 Å². The summed E-state index contributed by atoms with van der Waals surface area (Å²) < 4.78 is 30.9. The van der Waals surface area contributed by atoms with Crippen molar-refractivity contribution >= 4 is 33.8 Å². The van der Waals surface area contributed by atoms with Crippen molar-refractivity contribution in [2.45, 2.75) is 50.9 Å². The van der Waals surface area contributed by atoms with E-state index in [0.29, 0.717) is 12.1 Å². The van der Waals surface area contributed by atoms with E-state index in [2.05, 4.69) is 29.4 Å². The second kappa shape index (κ2) is 12.6. The molecule has 184 valence electrons. The van der Waals surface area contributed by atoms with Gasteiger partial charge in [0.25, 0.3) is 5.91 Å². The number of hydrogen-bond donors (Lipinski definition) is 2. The highest BCUT2D eigenvalue weighted by atomic mass is 35.5. The molecule has 1 amide bonds. The van der Waals surface area contributed by atoms with E-state index in [-0.39, 0.29) is 36.0 Å². The van der Waals surface area contributed by atoms with Crippen molar-refractivity contribution < 1.29 is 17.6 Å². The maximum Gasteiger partial charge on any atom is 0.291 e. The van der Waals surface area contributed by atoms with Crippen LogP contribution in [0.25, 0.3) is 0 Å². The van der Waals surface area contributed by atoms with Crippen LogP contribution >= 0.6 is 12.4 Å². The molecule has 0 bridgehead atoms. The van der Waals surface area contributed by atoms with Gasteiger partial charge in [0.15, 0.2) is 15.6 Å². The zero-order valence-electron chi connectivity index (χ0n) is 19.6. The molecule has 1 aromatic heterocycles. The molecular formula is C24H36ClN3O4S. The zero-order valence-corrected chi connectivity index (χ0v) is 21.3. The maximum atomic E-state index is 12.9. The number of nitrogens with one attached hydrogen (secondary N) is 2. The van der Waals surface area contributed by atoms with E-state index < -0.39 is 15.2 Å². The van der Waals surface area contributed by atoms with Crippen LogP contribution in [0.5, 0.6) is 0 Å². The summed E-state index contributed by atoms with van der Waals surface area (Å²) in [6.07, 6.45) is 6.18. The van der Waals surface area contributed by atoms with Crippen LogP contribution < -0.4 is 10.6 Å². The third-order valence-electron chi connectivity index (χ3n) is 6.06. The number of sulfone groups is 1. The van der Waals surface area contributed by atoms with E-state index in [0.717, 1.165) is 44.5 Å². The van der Waals surface area contributed by atoms with Gasteiger partial charge in [-0.15, -0.1) is 12.4 Å². The Morgan fingerprint density at radius 1 is 1.24 bits per heavy atom. The van der Waals surface area contributed by atoms with Crippen LogP contribution in [0.4, 0.5) is 5.69 Å². The molecule has 1 aliphatic rings. The summed E-state index contributed by atoms with van der Waals surface area (Å²) in [5.41, 5.74) is 1.74. The summed E-state index contributed by atoms with van der Waals surface area (Å²) >= 11 is 0. The Morgan fingerprint density at radius 2 is 1.97 bits per heavy atom. The van der Waals surface area contributed by atoms with Gasteiger partial charge in [-0.05, 0) is 88.0 Å². The molecule has 2 N–H and O–H groups in total. The van der Waals surface area contributed by atoms with Crippen molar-refractivity contribution in [3.05, 3.63) is 54.0 Å². The number of hydrogen-bond acceptors (Lipinski definition) is 6.